The molecule has 0 spiro atoms. The van der Waals surface area contributed by atoms with Crippen molar-refractivity contribution in [2.45, 2.75) is 45.6 Å². The molecule has 1 saturated heterocycles. The summed E-state index contributed by atoms with van der Waals surface area (Å²) in [5.74, 6) is 0.611. The first kappa shape index (κ1) is 14.5. The normalized spacial score (nSPS) is 27.7. The van der Waals surface area contributed by atoms with E-state index in [1.165, 1.54) is 31.2 Å². The van der Waals surface area contributed by atoms with Crippen molar-refractivity contribution >= 4 is 0 Å². The van der Waals surface area contributed by atoms with Crippen LogP contribution in [0.5, 0.6) is 0 Å². The van der Waals surface area contributed by atoms with Crippen molar-refractivity contribution in [3.8, 4) is 0 Å². The molecule has 1 heterocycles. The van der Waals surface area contributed by atoms with E-state index in [2.05, 4.69) is 49.9 Å². The van der Waals surface area contributed by atoms with Crippen LogP contribution in [0.2, 0.25) is 0 Å². The smallest absolute Gasteiger partial charge is 0.0745 e. The van der Waals surface area contributed by atoms with Crippen LogP contribution >= 0.6 is 0 Å². The molecule has 2 nitrogen and oxygen atoms in total. The lowest BCUT2D eigenvalue weighted by molar-refractivity contribution is -0.373. The molecule has 0 bridgehead atoms. The van der Waals surface area contributed by atoms with Gasteiger partial charge in [0.15, 0.2) is 0 Å². The molecular weight excluding hydrogens is 234 g/mol. The predicted octanol–water partition coefficient (Wildman–Crippen LogP) is 2.68. The first-order chi connectivity index (χ1) is 9.15. The van der Waals surface area contributed by atoms with Crippen LogP contribution in [0.4, 0.5) is 0 Å². The molecule has 1 fully saturated rings. The summed E-state index contributed by atoms with van der Waals surface area (Å²) in [7, 11) is 0. The Bertz CT molecular complexity index is 372. The van der Waals surface area contributed by atoms with Gasteiger partial charge in [0, 0.05) is 13.0 Å². The van der Waals surface area contributed by atoms with E-state index in [1.807, 2.05) is 0 Å². The van der Waals surface area contributed by atoms with Crippen molar-refractivity contribution in [2.75, 3.05) is 13.2 Å². The number of quaternary nitrogens is 1. The topological polar surface area (TPSA) is 36.9 Å². The van der Waals surface area contributed by atoms with Gasteiger partial charge in [-0.3, -0.25) is 0 Å². The molecule has 0 aliphatic carbocycles. The molecule has 0 saturated carbocycles. The third kappa shape index (κ3) is 3.80. The molecule has 0 unspecified atom stereocenters. The van der Waals surface area contributed by atoms with E-state index in [0.717, 1.165) is 13.2 Å². The first-order valence-corrected chi connectivity index (χ1v) is 7.60. The van der Waals surface area contributed by atoms with Gasteiger partial charge < -0.3 is 10.5 Å². The Balaban J connectivity index is 2.12. The standard InChI is InChI=1S/C17H27NO/c1-14(2)16-13-17(8-10-18,9-11-19-16)12-15-6-4-3-5-7-15/h3-7,14,16H,8-13,18H2,1-2H3/p+1/t16-,17-/m1/s1. The van der Waals surface area contributed by atoms with Crippen LogP contribution in [0.15, 0.2) is 30.3 Å². The Hall–Kier alpha value is -0.860. The maximum absolute atomic E-state index is 5.96. The SMILES string of the molecule is CC(C)[C@H]1C[C@@](CC[NH3+])(Cc2ccccc2)CCO1. The molecule has 1 aliphatic heterocycles. The third-order valence-electron chi connectivity index (χ3n) is 4.47. The molecule has 19 heavy (non-hydrogen) atoms. The van der Waals surface area contributed by atoms with Crippen molar-refractivity contribution in [3.05, 3.63) is 35.9 Å². The summed E-state index contributed by atoms with van der Waals surface area (Å²) in [6.45, 7) is 6.48. The molecule has 106 valence electrons. The Kier molecular flexibility index (Phi) is 5.00. The van der Waals surface area contributed by atoms with Crippen LogP contribution in [0.25, 0.3) is 0 Å². The van der Waals surface area contributed by atoms with Crippen LogP contribution in [-0.4, -0.2) is 19.3 Å². The van der Waals surface area contributed by atoms with Crippen LogP contribution in [0, 0.1) is 11.3 Å². The Morgan fingerprint density at radius 3 is 2.68 bits per heavy atom. The van der Waals surface area contributed by atoms with E-state index in [9.17, 15) is 0 Å². The Labute approximate surface area is 117 Å². The van der Waals surface area contributed by atoms with Crippen LogP contribution < -0.4 is 5.73 Å². The van der Waals surface area contributed by atoms with Crippen molar-refractivity contribution in [1.29, 1.82) is 0 Å². The van der Waals surface area contributed by atoms with Crippen LogP contribution in [0.3, 0.4) is 0 Å². The molecule has 0 amide bonds. The van der Waals surface area contributed by atoms with E-state index in [1.54, 1.807) is 0 Å². The summed E-state index contributed by atoms with van der Waals surface area (Å²) < 4.78 is 5.96. The third-order valence-corrected chi connectivity index (χ3v) is 4.47. The summed E-state index contributed by atoms with van der Waals surface area (Å²) in [5, 5.41) is 0. The summed E-state index contributed by atoms with van der Waals surface area (Å²) >= 11 is 0. The van der Waals surface area contributed by atoms with Gasteiger partial charge in [-0.05, 0) is 36.2 Å². The zero-order chi connectivity index (χ0) is 13.7. The van der Waals surface area contributed by atoms with E-state index >= 15 is 0 Å². The molecule has 1 aromatic rings. The number of ether oxygens (including phenoxy) is 1. The van der Waals surface area contributed by atoms with Crippen molar-refractivity contribution in [3.63, 3.8) is 0 Å². The molecule has 2 atom stereocenters. The zero-order valence-electron chi connectivity index (χ0n) is 12.4. The highest BCUT2D eigenvalue weighted by Crippen LogP contribution is 2.41. The Morgan fingerprint density at radius 2 is 2.05 bits per heavy atom. The maximum atomic E-state index is 5.96. The lowest BCUT2D eigenvalue weighted by atomic mass is 9.69. The number of benzene rings is 1. The molecule has 3 N–H and O–H groups in total. The second kappa shape index (κ2) is 6.53. The Morgan fingerprint density at radius 1 is 1.32 bits per heavy atom. The van der Waals surface area contributed by atoms with Crippen molar-refractivity contribution in [2.24, 2.45) is 11.3 Å². The summed E-state index contributed by atoms with van der Waals surface area (Å²) in [6.07, 6.45) is 5.18. The number of rotatable bonds is 5. The molecule has 0 radical (unpaired) electrons. The van der Waals surface area contributed by atoms with Gasteiger partial charge in [-0.25, -0.2) is 0 Å². The van der Waals surface area contributed by atoms with E-state index < -0.39 is 0 Å². The van der Waals surface area contributed by atoms with Gasteiger partial charge in [-0.1, -0.05) is 44.2 Å². The van der Waals surface area contributed by atoms with Gasteiger partial charge in [0.05, 0.1) is 12.6 Å². The van der Waals surface area contributed by atoms with Gasteiger partial charge in [0.2, 0.25) is 0 Å². The van der Waals surface area contributed by atoms with E-state index in [0.29, 0.717) is 17.4 Å². The maximum Gasteiger partial charge on any atom is 0.0745 e. The monoisotopic (exact) mass is 262 g/mol. The minimum absolute atomic E-state index is 0.399. The fourth-order valence-electron chi connectivity index (χ4n) is 3.32. The molecule has 2 rings (SSSR count). The summed E-state index contributed by atoms with van der Waals surface area (Å²) in [6, 6.07) is 10.9. The number of hydrogen-bond donors (Lipinski definition) is 1. The highest BCUT2D eigenvalue weighted by atomic mass is 16.5. The lowest BCUT2D eigenvalue weighted by Gasteiger charge is -2.42. The highest BCUT2D eigenvalue weighted by molar-refractivity contribution is 5.17. The minimum Gasteiger partial charge on any atom is -0.378 e. The second-order valence-corrected chi connectivity index (χ2v) is 6.37. The molecule has 2 heteroatoms. The van der Waals surface area contributed by atoms with Gasteiger partial charge in [-0.15, -0.1) is 0 Å². The van der Waals surface area contributed by atoms with E-state index in [-0.39, 0.29) is 0 Å². The fraction of sp³-hybridized carbons (Fsp3) is 0.647. The summed E-state index contributed by atoms with van der Waals surface area (Å²) in [5.41, 5.74) is 5.95. The quantitative estimate of drug-likeness (QED) is 0.870. The largest absolute Gasteiger partial charge is 0.378 e. The van der Waals surface area contributed by atoms with Crippen molar-refractivity contribution < 1.29 is 10.5 Å². The molecule has 1 aliphatic rings. The average Bonchev–Trinajstić information content (AvgIpc) is 2.40. The molecular formula is C17H28NO+. The molecule has 1 aromatic carbocycles. The van der Waals surface area contributed by atoms with E-state index in [4.69, 9.17) is 4.74 Å². The minimum atomic E-state index is 0.399. The van der Waals surface area contributed by atoms with Crippen LogP contribution in [-0.2, 0) is 11.2 Å². The van der Waals surface area contributed by atoms with Gasteiger partial charge in [0.1, 0.15) is 0 Å². The van der Waals surface area contributed by atoms with Gasteiger partial charge in [0.25, 0.3) is 0 Å². The average molecular weight is 262 g/mol. The zero-order valence-corrected chi connectivity index (χ0v) is 12.4. The number of hydrogen-bond acceptors (Lipinski definition) is 1. The predicted molar refractivity (Wildman–Crippen MR) is 78.8 cm³/mol. The second-order valence-electron chi connectivity index (χ2n) is 6.37. The van der Waals surface area contributed by atoms with Crippen molar-refractivity contribution in [1.82, 2.24) is 0 Å². The first-order valence-electron chi connectivity index (χ1n) is 7.60. The fourth-order valence-corrected chi connectivity index (χ4v) is 3.32. The summed E-state index contributed by atoms with van der Waals surface area (Å²) in [4.78, 5) is 0. The van der Waals surface area contributed by atoms with Gasteiger partial charge >= 0.3 is 0 Å². The lowest BCUT2D eigenvalue weighted by Crippen LogP contribution is -2.53. The van der Waals surface area contributed by atoms with Gasteiger partial charge in [-0.2, -0.15) is 0 Å². The molecule has 0 aromatic heterocycles. The van der Waals surface area contributed by atoms with Crippen LogP contribution in [0.1, 0.15) is 38.7 Å². The highest BCUT2D eigenvalue weighted by Gasteiger charge is 2.37.